The van der Waals surface area contributed by atoms with Crippen LogP contribution in [0, 0.1) is 11.6 Å². The van der Waals surface area contributed by atoms with Gasteiger partial charge in [-0.1, -0.05) is 13.0 Å². The normalized spacial score (nSPS) is 12.6. The summed E-state index contributed by atoms with van der Waals surface area (Å²) in [5.41, 5.74) is 0.145. The number of carbonyl (C=O) groups is 1. The fraction of sp³-hybridized carbons (Fsp3) is 0.235. The van der Waals surface area contributed by atoms with Gasteiger partial charge >= 0.3 is 0 Å². The second kappa shape index (κ2) is 7.71. The Labute approximate surface area is 145 Å². The third-order valence-electron chi connectivity index (χ3n) is 3.55. The number of carbonyl (C=O) groups excluding carboxylic acids is 1. The summed E-state index contributed by atoms with van der Waals surface area (Å²) in [5, 5.41) is 2.40. The minimum atomic E-state index is -3.75. The Hall–Kier alpha value is -2.32. The summed E-state index contributed by atoms with van der Waals surface area (Å²) < 4.78 is 53.2. The predicted molar refractivity (Wildman–Crippen MR) is 90.8 cm³/mol. The van der Waals surface area contributed by atoms with E-state index in [9.17, 15) is 22.0 Å². The zero-order chi connectivity index (χ0) is 18.6. The van der Waals surface area contributed by atoms with Gasteiger partial charge in [-0.25, -0.2) is 21.9 Å². The van der Waals surface area contributed by atoms with Crippen molar-refractivity contribution in [3.05, 3.63) is 59.7 Å². The fourth-order valence-corrected chi connectivity index (χ4v) is 3.37. The van der Waals surface area contributed by atoms with Crippen molar-refractivity contribution in [3.63, 3.8) is 0 Å². The number of anilines is 1. The largest absolute Gasteiger partial charge is 0.322 e. The third-order valence-corrected chi connectivity index (χ3v) is 5.14. The van der Waals surface area contributed by atoms with Crippen LogP contribution >= 0.6 is 0 Å². The van der Waals surface area contributed by atoms with Crippen molar-refractivity contribution in [1.82, 2.24) is 4.72 Å². The van der Waals surface area contributed by atoms with Crippen LogP contribution in [0.5, 0.6) is 0 Å². The maximum atomic E-state index is 13.2. The summed E-state index contributed by atoms with van der Waals surface area (Å²) in [6, 6.07) is 8.16. The molecule has 1 atom stereocenters. The monoisotopic (exact) mass is 368 g/mol. The summed E-state index contributed by atoms with van der Waals surface area (Å²) in [4.78, 5) is 12.2. The van der Waals surface area contributed by atoms with E-state index < -0.39 is 27.6 Å². The average Bonchev–Trinajstić information content (AvgIpc) is 2.57. The smallest absolute Gasteiger partial charge is 0.255 e. The molecule has 0 heterocycles. The average molecular weight is 368 g/mol. The summed E-state index contributed by atoms with van der Waals surface area (Å²) >= 11 is 0. The minimum absolute atomic E-state index is 0.0502. The van der Waals surface area contributed by atoms with E-state index in [2.05, 4.69) is 10.0 Å². The second-order valence-electron chi connectivity index (χ2n) is 5.54. The zero-order valence-electron chi connectivity index (χ0n) is 13.7. The number of sulfonamides is 1. The number of nitrogens with one attached hydrogen (secondary N) is 2. The molecule has 0 aliphatic heterocycles. The second-order valence-corrected chi connectivity index (χ2v) is 7.26. The highest BCUT2D eigenvalue weighted by Crippen LogP contribution is 2.16. The summed E-state index contributed by atoms with van der Waals surface area (Å²) in [6.07, 6.45) is 0.621. The summed E-state index contributed by atoms with van der Waals surface area (Å²) in [6.45, 7) is 3.58. The first-order valence-electron chi connectivity index (χ1n) is 7.61. The standard InChI is InChI=1S/C17H18F2N2O3S/c1-3-11(2)21-25(23,24)14-6-4-5-12(9-14)17(22)20-13-7-8-15(18)16(19)10-13/h4-11,21H,3H2,1-2H3,(H,20,22). The molecule has 0 saturated heterocycles. The van der Waals surface area contributed by atoms with E-state index in [-0.39, 0.29) is 22.2 Å². The molecule has 0 spiro atoms. The van der Waals surface area contributed by atoms with Crippen LogP contribution in [0.25, 0.3) is 0 Å². The Balaban J connectivity index is 2.22. The lowest BCUT2D eigenvalue weighted by Gasteiger charge is -2.13. The number of hydrogen-bond donors (Lipinski definition) is 2. The first-order chi connectivity index (χ1) is 11.7. The molecule has 25 heavy (non-hydrogen) atoms. The number of amides is 1. The molecule has 0 bridgehead atoms. The van der Waals surface area contributed by atoms with Gasteiger partial charge in [0.25, 0.3) is 5.91 Å². The lowest BCUT2D eigenvalue weighted by atomic mass is 10.2. The Morgan fingerprint density at radius 2 is 1.84 bits per heavy atom. The van der Waals surface area contributed by atoms with Crippen LogP contribution in [0.4, 0.5) is 14.5 Å². The first kappa shape index (κ1) is 19.0. The van der Waals surface area contributed by atoms with Crippen LogP contribution in [0.3, 0.4) is 0 Å². The van der Waals surface area contributed by atoms with E-state index >= 15 is 0 Å². The van der Waals surface area contributed by atoms with Gasteiger partial charge in [0.2, 0.25) is 10.0 Å². The van der Waals surface area contributed by atoms with Crippen molar-refractivity contribution in [2.45, 2.75) is 31.2 Å². The Kier molecular flexibility index (Phi) is 5.86. The molecule has 5 nitrogen and oxygen atoms in total. The van der Waals surface area contributed by atoms with Crippen LogP contribution in [0.1, 0.15) is 30.6 Å². The van der Waals surface area contributed by atoms with Crippen molar-refractivity contribution in [2.75, 3.05) is 5.32 Å². The molecular weight excluding hydrogens is 350 g/mol. The molecule has 0 saturated carbocycles. The van der Waals surface area contributed by atoms with E-state index in [1.807, 2.05) is 6.92 Å². The molecule has 2 N–H and O–H groups in total. The van der Waals surface area contributed by atoms with Crippen LogP contribution < -0.4 is 10.0 Å². The topological polar surface area (TPSA) is 75.3 Å². The lowest BCUT2D eigenvalue weighted by molar-refractivity contribution is 0.102. The van der Waals surface area contributed by atoms with Crippen LogP contribution in [0.2, 0.25) is 0 Å². The van der Waals surface area contributed by atoms with Crippen LogP contribution in [-0.2, 0) is 10.0 Å². The van der Waals surface area contributed by atoms with Gasteiger partial charge in [-0.3, -0.25) is 4.79 Å². The van der Waals surface area contributed by atoms with Gasteiger partial charge in [0.05, 0.1) is 4.90 Å². The summed E-state index contributed by atoms with van der Waals surface area (Å²) in [7, 11) is -3.75. The highest BCUT2D eigenvalue weighted by molar-refractivity contribution is 7.89. The maximum Gasteiger partial charge on any atom is 0.255 e. The molecular formula is C17H18F2N2O3S. The highest BCUT2D eigenvalue weighted by atomic mass is 32.2. The van der Waals surface area contributed by atoms with Gasteiger partial charge in [0, 0.05) is 23.4 Å². The van der Waals surface area contributed by atoms with E-state index in [1.165, 1.54) is 30.3 Å². The Morgan fingerprint density at radius 1 is 1.12 bits per heavy atom. The molecule has 2 aromatic carbocycles. The molecule has 0 radical (unpaired) electrons. The van der Waals surface area contributed by atoms with Gasteiger partial charge in [-0.05, 0) is 43.7 Å². The van der Waals surface area contributed by atoms with E-state index in [4.69, 9.17) is 0 Å². The van der Waals surface area contributed by atoms with Crippen molar-refractivity contribution in [1.29, 1.82) is 0 Å². The lowest BCUT2D eigenvalue weighted by Crippen LogP contribution is -2.32. The van der Waals surface area contributed by atoms with Crippen molar-refractivity contribution in [3.8, 4) is 0 Å². The van der Waals surface area contributed by atoms with Gasteiger partial charge < -0.3 is 5.32 Å². The Morgan fingerprint density at radius 3 is 2.48 bits per heavy atom. The van der Waals surface area contributed by atoms with E-state index in [1.54, 1.807) is 6.92 Å². The number of benzene rings is 2. The van der Waals surface area contributed by atoms with Crippen LogP contribution in [0.15, 0.2) is 47.4 Å². The van der Waals surface area contributed by atoms with Crippen molar-refractivity contribution >= 4 is 21.6 Å². The molecule has 8 heteroatoms. The Bertz CT molecular complexity index is 885. The van der Waals surface area contributed by atoms with Gasteiger partial charge in [0.1, 0.15) is 0 Å². The highest BCUT2D eigenvalue weighted by Gasteiger charge is 2.18. The van der Waals surface area contributed by atoms with Crippen LogP contribution in [-0.4, -0.2) is 20.4 Å². The maximum absolute atomic E-state index is 13.2. The van der Waals surface area contributed by atoms with Crippen molar-refractivity contribution < 1.29 is 22.0 Å². The molecule has 1 unspecified atom stereocenters. The zero-order valence-corrected chi connectivity index (χ0v) is 14.5. The molecule has 1 amide bonds. The minimum Gasteiger partial charge on any atom is -0.322 e. The molecule has 2 rings (SSSR count). The SMILES string of the molecule is CCC(C)NS(=O)(=O)c1cccc(C(=O)Nc2ccc(F)c(F)c2)c1. The molecule has 2 aromatic rings. The van der Waals surface area contributed by atoms with E-state index in [0.29, 0.717) is 6.42 Å². The third kappa shape index (κ3) is 4.83. The number of rotatable bonds is 6. The van der Waals surface area contributed by atoms with Gasteiger partial charge in [-0.2, -0.15) is 0 Å². The van der Waals surface area contributed by atoms with Crippen molar-refractivity contribution in [2.24, 2.45) is 0 Å². The molecule has 134 valence electrons. The van der Waals surface area contributed by atoms with E-state index in [0.717, 1.165) is 12.1 Å². The molecule has 0 fully saturated rings. The molecule has 0 aliphatic carbocycles. The number of halogens is 2. The van der Waals surface area contributed by atoms with Gasteiger partial charge in [-0.15, -0.1) is 0 Å². The predicted octanol–water partition coefficient (Wildman–Crippen LogP) is 3.29. The first-order valence-corrected chi connectivity index (χ1v) is 9.10. The molecule has 0 aromatic heterocycles. The quantitative estimate of drug-likeness (QED) is 0.822. The summed E-state index contributed by atoms with van der Waals surface area (Å²) in [5.74, 6) is -2.75. The molecule has 0 aliphatic rings. The van der Waals surface area contributed by atoms with Gasteiger partial charge in [0.15, 0.2) is 11.6 Å². The number of hydrogen-bond acceptors (Lipinski definition) is 3. The fourth-order valence-electron chi connectivity index (χ4n) is 2.00.